The molecule has 1 fully saturated rings. The van der Waals surface area contributed by atoms with E-state index < -0.39 is 0 Å². The van der Waals surface area contributed by atoms with E-state index in [4.69, 9.17) is 0 Å². The molecule has 0 aromatic heterocycles. The molecule has 1 aromatic carbocycles. The SMILES string of the molecule is CCCNc1ccc(C(=O)N2CCC(CCC)CC2)cc1. The van der Waals surface area contributed by atoms with Gasteiger partial charge in [0.25, 0.3) is 5.91 Å². The van der Waals surface area contributed by atoms with Gasteiger partial charge in [-0.05, 0) is 49.4 Å². The highest BCUT2D eigenvalue weighted by Crippen LogP contribution is 2.23. The monoisotopic (exact) mass is 288 g/mol. The predicted molar refractivity (Wildman–Crippen MR) is 88.8 cm³/mol. The third-order valence-electron chi connectivity index (χ3n) is 4.31. The van der Waals surface area contributed by atoms with Gasteiger partial charge >= 0.3 is 0 Å². The second-order valence-electron chi connectivity index (χ2n) is 6.03. The van der Waals surface area contributed by atoms with Crippen LogP contribution >= 0.6 is 0 Å². The van der Waals surface area contributed by atoms with Gasteiger partial charge in [-0.1, -0.05) is 26.7 Å². The number of benzene rings is 1. The van der Waals surface area contributed by atoms with Crippen LogP contribution in [0.1, 0.15) is 56.3 Å². The first kappa shape index (κ1) is 15.9. The Bertz CT molecular complexity index is 433. The van der Waals surface area contributed by atoms with E-state index in [1.807, 2.05) is 29.2 Å². The lowest BCUT2D eigenvalue weighted by Crippen LogP contribution is -2.38. The number of rotatable bonds is 6. The number of anilines is 1. The second-order valence-corrected chi connectivity index (χ2v) is 6.03. The van der Waals surface area contributed by atoms with Crippen LogP contribution in [0.15, 0.2) is 24.3 Å². The number of amides is 1. The van der Waals surface area contributed by atoms with Crippen molar-refractivity contribution in [2.45, 2.75) is 46.0 Å². The molecule has 1 aliphatic rings. The van der Waals surface area contributed by atoms with E-state index in [1.165, 1.54) is 12.8 Å². The molecule has 0 bridgehead atoms. The number of nitrogens with zero attached hydrogens (tertiary/aromatic N) is 1. The quantitative estimate of drug-likeness (QED) is 0.852. The molecule has 1 N–H and O–H groups in total. The van der Waals surface area contributed by atoms with Gasteiger partial charge in [-0.2, -0.15) is 0 Å². The maximum Gasteiger partial charge on any atom is 0.253 e. The molecule has 0 aliphatic carbocycles. The predicted octanol–water partition coefficient (Wildman–Crippen LogP) is 4.16. The number of carbonyl (C=O) groups excluding carboxylic acids is 1. The molecule has 1 amide bonds. The van der Waals surface area contributed by atoms with Crippen LogP contribution in [0.4, 0.5) is 5.69 Å². The highest BCUT2D eigenvalue weighted by Gasteiger charge is 2.22. The molecule has 3 heteroatoms. The molecular weight excluding hydrogens is 260 g/mol. The minimum absolute atomic E-state index is 0.187. The maximum absolute atomic E-state index is 12.5. The summed E-state index contributed by atoms with van der Waals surface area (Å²) in [4.78, 5) is 14.5. The number of likely N-dealkylation sites (tertiary alicyclic amines) is 1. The van der Waals surface area contributed by atoms with E-state index in [1.54, 1.807) is 0 Å². The summed E-state index contributed by atoms with van der Waals surface area (Å²) in [7, 11) is 0. The van der Waals surface area contributed by atoms with Crippen LogP contribution in [0.2, 0.25) is 0 Å². The average Bonchev–Trinajstić information content (AvgIpc) is 2.54. The van der Waals surface area contributed by atoms with Crippen molar-refractivity contribution in [1.29, 1.82) is 0 Å². The summed E-state index contributed by atoms with van der Waals surface area (Å²) in [6.45, 7) is 7.19. The highest BCUT2D eigenvalue weighted by molar-refractivity contribution is 5.94. The Balaban J connectivity index is 1.88. The summed E-state index contributed by atoms with van der Waals surface area (Å²) < 4.78 is 0. The Morgan fingerprint density at radius 1 is 1.14 bits per heavy atom. The Morgan fingerprint density at radius 3 is 2.38 bits per heavy atom. The molecule has 1 aromatic rings. The van der Waals surface area contributed by atoms with E-state index >= 15 is 0 Å². The van der Waals surface area contributed by atoms with Gasteiger partial charge in [0.1, 0.15) is 0 Å². The molecule has 1 aliphatic heterocycles. The number of nitrogens with one attached hydrogen (secondary N) is 1. The normalized spacial score (nSPS) is 16.0. The van der Waals surface area contributed by atoms with Crippen LogP contribution in [-0.4, -0.2) is 30.4 Å². The lowest BCUT2D eigenvalue weighted by Gasteiger charge is -2.32. The van der Waals surface area contributed by atoms with Crippen LogP contribution in [0.5, 0.6) is 0 Å². The third kappa shape index (κ3) is 4.48. The average molecular weight is 288 g/mol. The van der Waals surface area contributed by atoms with Crippen molar-refractivity contribution in [2.75, 3.05) is 25.0 Å². The Morgan fingerprint density at radius 2 is 1.81 bits per heavy atom. The van der Waals surface area contributed by atoms with Gasteiger partial charge < -0.3 is 10.2 Å². The fraction of sp³-hybridized carbons (Fsp3) is 0.611. The topological polar surface area (TPSA) is 32.3 Å². The van der Waals surface area contributed by atoms with Crippen molar-refractivity contribution in [2.24, 2.45) is 5.92 Å². The second kappa shape index (κ2) is 8.06. The van der Waals surface area contributed by atoms with Crippen LogP contribution in [-0.2, 0) is 0 Å². The van der Waals surface area contributed by atoms with E-state index in [9.17, 15) is 4.79 Å². The lowest BCUT2D eigenvalue weighted by molar-refractivity contribution is 0.0686. The lowest BCUT2D eigenvalue weighted by atomic mass is 9.92. The summed E-state index contributed by atoms with van der Waals surface area (Å²) in [6, 6.07) is 7.90. The molecule has 0 atom stereocenters. The van der Waals surface area contributed by atoms with Gasteiger partial charge in [-0.3, -0.25) is 4.79 Å². The van der Waals surface area contributed by atoms with Crippen LogP contribution in [0.3, 0.4) is 0 Å². The summed E-state index contributed by atoms with van der Waals surface area (Å²) in [6.07, 6.45) is 5.99. The first-order valence-electron chi connectivity index (χ1n) is 8.37. The first-order chi connectivity index (χ1) is 10.2. The van der Waals surface area contributed by atoms with E-state index in [-0.39, 0.29) is 5.91 Å². The van der Waals surface area contributed by atoms with Crippen molar-refractivity contribution >= 4 is 11.6 Å². The highest BCUT2D eigenvalue weighted by atomic mass is 16.2. The van der Waals surface area contributed by atoms with Crippen molar-refractivity contribution < 1.29 is 4.79 Å². The maximum atomic E-state index is 12.5. The molecular formula is C18H28N2O. The number of carbonyl (C=O) groups is 1. The molecule has 21 heavy (non-hydrogen) atoms. The number of piperidine rings is 1. The zero-order chi connectivity index (χ0) is 15.1. The molecule has 0 unspecified atom stereocenters. The number of hydrogen-bond donors (Lipinski definition) is 1. The summed E-state index contributed by atoms with van der Waals surface area (Å²) in [5, 5.41) is 3.33. The summed E-state index contributed by atoms with van der Waals surface area (Å²) in [5.41, 5.74) is 1.90. The molecule has 0 radical (unpaired) electrons. The molecule has 3 nitrogen and oxygen atoms in total. The first-order valence-corrected chi connectivity index (χ1v) is 8.37. The van der Waals surface area contributed by atoms with E-state index in [0.717, 1.165) is 56.1 Å². The fourth-order valence-corrected chi connectivity index (χ4v) is 3.02. The molecule has 116 valence electrons. The van der Waals surface area contributed by atoms with Crippen LogP contribution < -0.4 is 5.32 Å². The standard InChI is InChI=1S/C18H28N2O/c1-3-5-15-10-13-20(14-11-15)18(21)16-6-8-17(9-7-16)19-12-4-2/h6-9,15,19H,3-5,10-14H2,1-2H3. The van der Waals surface area contributed by atoms with Crippen molar-refractivity contribution in [3.63, 3.8) is 0 Å². The van der Waals surface area contributed by atoms with Gasteiger partial charge in [0.2, 0.25) is 0 Å². The van der Waals surface area contributed by atoms with Crippen molar-refractivity contribution in [3.05, 3.63) is 29.8 Å². The minimum atomic E-state index is 0.187. The Labute approximate surface area is 128 Å². The third-order valence-corrected chi connectivity index (χ3v) is 4.31. The van der Waals surface area contributed by atoms with E-state index in [0.29, 0.717) is 0 Å². The van der Waals surface area contributed by atoms with Gasteiger partial charge in [0.05, 0.1) is 0 Å². The van der Waals surface area contributed by atoms with E-state index in [2.05, 4.69) is 19.2 Å². The molecule has 0 spiro atoms. The largest absolute Gasteiger partial charge is 0.385 e. The molecule has 0 saturated carbocycles. The van der Waals surface area contributed by atoms with Gasteiger partial charge in [-0.25, -0.2) is 0 Å². The summed E-state index contributed by atoms with van der Waals surface area (Å²) >= 11 is 0. The molecule has 1 heterocycles. The van der Waals surface area contributed by atoms with Gasteiger partial charge in [-0.15, -0.1) is 0 Å². The zero-order valence-corrected chi connectivity index (χ0v) is 13.4. The Hall–Kier alpha value is -1.51. The zero-order valence-electron chi connectivity index (χ0n) is 13.4. The minimum Gasteiger partial charge on any atom is -0.385 e. The van der Waals surface area contributed by atoms with Gasteiger partial charge in [0.15, 0.2) is 0 Å². The summed E-state index contributed by atoms with van der Waals surface area (Å²) in [5.74, 6) is 1.01. The smallest absolute Gasteiger partial charge is 0.253 e. The Kier molecular flexibility index (Phi) is 6.09. The van der Waals surface area contributed by atoms with Gasteiger partial charge in [0, 0.05) is 30.9 Å². The fourth-order valence-electron chi connectivity index (χ4n) is 3.02. The molecule has 1 saturated heterocycles. The number of hydrogen-bond acceptors (Lipinski definition) is 2. The van der Waals surface area contributed by atoms with Crippen LogP contribution in [0.25, 0.3) is 0 Å². The van der Waals surface area contributed by atoms with Crippen molar-refractivity contribution in [3.8, 4) is 0 Å². The molecule has 2 rings (SSSR count). The van der Waals surface area contributed by atoms with Crippen LogP contribution in [0, 0.1) is 5.92 Å². The van der Waals surface area contributed by atoms with Crippen molar-refractivity contribution in [1.82, 2.24) is 4.90 Å².